The highest BCUT2D eigenvalue weighted by molar-refractivity contribution is 7.17. The van der Waals surface area contributed by atoms with E-state index in [2.05, 4.69) is 10.6 Å². The fourth-order valence-electron chi connectivity index (χ4n) is 3.23. The second-order valence-corrected chi connectivity index (χ2v) is 8.02. The number of ether oxygens (including phenoxy) is 2. The van der Waals surface area contributed by atoms with Crippen molar-refractivity contribution < 1.29 is 33.1 Å². The van der Waals surface area contributed by atoms with Crippen molar-refractivity contribution in [2.45, 2.75) is 45.6 Å². The molecule has 1 atom stereocenters. The van der Waals surface area contributed by atoms with Crippen molar-refractivity contribution in [1.29, 1.82) is 0 Å². The highest BCUT2D eigenvalue weighted by Gasteiger charge is 2.28. The summed E-state index contributed by atoms with van der Waals surface area (Å²) in [4.78, 5) is 49.9. The molecule has 0 aromatic carbocycles. The monoisotopic (exact) mass is 448 g/mol. The van der Waals surface area contributed by atoms with Crippen LogP contribution in [0.4, 0.5) is 5.00 Å². The van der Waals surface area contributed by atoms with Crippen LogP contribution < -0.4 is 10.6 Å². The summed E-state index contributed by atoms with van der Waals surface area (Å²) in [5.74, 6) is -2.33. The number of amides is 2. The third kappa shape index (κ3) is 5.52. The van der Waals surface area contributed by atoms with Crippen molar-refractivity contribution in [2.24, 2.45) is 0 Å². The Labute approximate surface area is 183 Å². The highest BCUT2D eigenvalue weighted by Crippen LogP contribution is 2.38. The lowest BCUT2D eigenvalue weighted by Crippen LogP contribution is -2.35. The first-order valence-corrected chi connectivity index (χ1v) is 10.9. The Morgan fingerprint density at radius 3 is 2.71 bits per heavy atom. The molecule has 0 spiro atoms. The minimum Gasteiger partial charge on any atom is -0.462 e. The predicted octanol–water partition coefficient (Wildman–Crippen LogP) is 2.70. The lowest BCUT2D eigenvalue weighted by Gasteiger charge is -2.14. The number of thiophene rings is 1. The standard InChI is InChI=1S/C21H24N2O7S/c1-3-28-21(27)17-13-7-4-5-9-15(13)31-20(17)23-18(25)12(2)30-16(24)11-22-19(26)14-8-6-10-29-14/h6,8,10,12H,3-5,7,9,11H2,1-2H3,(H,22,26)(H,23,25). The van der Waals surface area contributed by atoms with Crippen LogP contribution in [-0.4, -0.2) is 43.0 Å². The highest BCUT2D eigenvalue weighted by atomic mass is 32.1. The van der Waals surface area contributed by atoms with Crippen molar-refractivity contribution in [3.8, 4) is 0 Å². The van der Waals surface area contributed by atoms with Crippen LogP contribution in [0.3, 0.4) is 0 Å². The van der Waals surface area contributed by atoms with Gasteiger partial charge in [-0.1, -0.05) is 0 Å². The molecule has 0 aliphatic heterocycles. The molecule has 3 rings (SSSR count). The molecule has 166 valence electrons. The molecule has 0 bridgehead atoms. The number of anilines is 1. The van der Waals surface area contributed by atoms with E-state index in [1.807, 2.05) is 0 Å². The Morgan fingerprint density at radius 2 is 2.00 bits per heavy atom. The fraction of sp³-hybridized carbons (Fsp3) is 0.429. The molecular formula is C21H24N2O7S. The number of aryl methyl sites for hydroxylation is 1. The maximum Gasteiger partial charge on any atom is 0.341 e. The number of nitrogens with one attached hydrogen (secondary N) is 2. The topological polar surface area (TPSA) is 124 Å². The number of hydrogen-bond donors (Lipinski definition) is 2. The molecule has 2 amide bonds. The van der Waals surface area contributed by atoms with Crippen molar-refractivity contribution in [3.05, 3.63) is 40.2 Å². The smallest absolute Gasteiger partial charge is 0.341 e. The zero-order valence-corrected chi connectivity index (χ0v) is 18.1. The van der Waals surface area contributed by atoms with Crippen molar-refractivity contribution in [2.75, 3.05) is 18.5 Å². The molecular weight excluding hydrogens is 424 g/mol. The zero-order valence-electron chi connectivity index (χ0n) is 17.3. The normalized spacial score (nSPS) is 13.6. The van der Waals surface area contributed by atoms with E-state index >= 15 is 0 Å². The van der Waals surface area contributed by atoms with E-state index in [0.29, 0.717) is 10.6 Å². The molecule has 0 saturated heterocycles. The number of carbonyl (C=O) groups excluding carboxylic acids is 4. The molecule has 9 nitrogen and oxygen atoms in total. The second kappa shape index (κ2) is 10.3. The number of esters is 2. The molecule has 10 heteroatoms. The van der Waals surface area contributed by atoms with Gasteiger partial charge in [0, 0.05) is 4.88 Å². The van der Waals surface area contributed by atoms with E-state index in [9.17, 15) is 19.2 Å². The molecule has 1 aliphatic carbocycles. The number of carbonyl (C=O) groups is 4. The first-order valence-electron chi connectivity index (χ1n) is 10.0. The number of hydrogen-bond acceptors (Lipinski definition) is 8. The molecule has 2 N–H and O–H groups in total. The van der Waals surface area contributed by atoms with E-state index in [1.54, 1.807) is 13.0 Å². The Bertz CT molecular complexity index is 965. The van der Waals surface area contributed by atoms with Crippen LogP contribution >= 0.6 is 11.3 Å². The lowest BCUT2D eigenvalue weighted by atomic mass is 9.95. The SMILES string of the molecule is CCOC(=O)c1c(NC(=O)C(C)OC(=O)CNC(=O)c2ccco2)sc2c1CCCC2. The van der Waals surface area contributed by atoms with Gasteiger partial charge in [-0.3, -0.25) is 14.4 Å². The molecule has 2 aromatic rings. The molecule has 1 unspecified atom stereocenters. The molecule has 1 aliphatic rings. The molecule has 2 heterocycles. The van der Waals surface area contributed by atoms with Crippen LogP contribution in [-0.2, 0) is 31.9 Å². The largest absolute Gasteiger partial charge is 0.462 e. The maximum atomic E-state index is 12.6. The van der Waals surface area contributed by atoms with Gasteiger partial charge in [-0.05, 0) is 57.2 Å². The van der Waals surface area contributed by atoms with Crippen LogP contribution in [0.25, 0.3) is 0 Å². The number of rotatable bonds is 8. The van der Waals surface area contributed by atoms with E-state index < -0.39 is 36.4 Å². The van der Waals surface area contributed by atoms with Crippen LogP contribution in [0.5, 0.6) is 0 Å². The maximum absolute atomic E-state index is 12.6. The van der Waals surface area contributed by atoms with Gasteiger partial charge in [-0.15, -0.1) is 11.3 Å². The summed E-state index contributed by atoms with van der Waals surface area (Å²) in [5, 5.41) is 5.46. The van der Waals surface area contributed by atoms with Crippen molar-refractivity contribution in [3.63, 3.8) is 0 Å². The first-order chi connectivity index (χ1) is 14.9. The first kappa shape index (κ1) is 22.5. The Morgan fingerprint density at radius 1 is 1.23 bits per heavy atom. The van der Waals surface area contributed by atoms with Crippen LogP contribution in [0.1, 0.15) is 58.0 Å². The third-order valence-corrected chi connectivity index (χ3v) is 5.91. The van der Waals surface area contributed by atoms with Crippen LogP contribution in [0.2, 0.25) is 0 Å². The van der Waals surface area contributed by atoms with E-state index in [4.69, 9.17) is 13.9 Å². The zero-order chi connectivity index (χ0) is 22.4. The summed E-state index contributed by atoms with van der Waals surface area (Å²) < 4.78 is 15.2. The average Bonchev–Trinajstić information content (AvgIpc) is 3.40. The Balaban J connectivity index is 1.60. The van der Waals surface area contributed by atoms with Gasteiger partial charge in [-0.2, -0.15) is 0 Å². The van der Waals surface area contributed by atoms with E-state index in [1.165, 1.54) is 30.6 Å². The van der Waals surface area contributed by atoms with Crippen LogP contribution in [0, 0.1) is 0 Å². The van der Waals surface area contributed by atoms with Crippen molar-refractivity contribution >= 4 is 40.1 Å². The van der Waals surface area contributed by atoms with E-state index in [-0.39, 0.29) is 12.4 Å². The number of fused-ring (bicyclic) bond motifs is 1. The number of furan rings is 1. The summed E-state index contributed by atoms with van der Waals surface area (Å²) >= 11 is 1.35. The van der Waals surface area contributed by atoms with Crippen LogP contribution in [0.15, 0.2) is 22.8 Å². The fourth-order valence-corrected chi connectivity index (χ4v) is 4.51. The summed E-state index contributed by atoms with van der Waals surface area (Å²) in [6.45, 7) is 2.95. The van der Waals surface area contributed by atoms with Gasteiger partial charge < -0.3 is 24.5 Å². The van der Waals surface area contributed by atoms with Gasteiger partial charge >= 0.3 is 11.9 Å². The second-order valence-electron chi connectivity index (χ2n) is 6.92. The minimum atomic E-state index is -1.12. The predicted molar refractivity (Wildman–Crippen MR) is 112 cm³/mol. The van der Waals surface area contributed by atoms with Crippen molar-refractivity contribution in [1.82, 2.24) is 5.32 Å². The summed E-state index contributed by atoms with van der Waals surface area (Å²) in [6, 6.07) is 3.01. The lowest BCUT2D eigenvalue weighted by molar-refractivity contribution is -0.152. The van der Waals surface area contributed by atoms with E-state index in [0.717, 1.165) is 36.1 Å². The molecule has 0 radical (unpaired) electrons. The summed E-state index contributed by atoms with van der Waals surface area (Å²) in [6.07, 6.45) is 3.83. The summed E-state index contributed by atoms with van der Waals surface area (Å²) in [5.41, 5.74) is 1.31. The third-order valence-electron chi connectivity index (χ3n) is 4.70. The van der Waals surface area contributed by atoms with Gasteiger partial charge in [0.25, 0.3) is 11.8 Å². The molecule has 31 heavy (non-hydrogen) atoms. The van der Waals surface area contributed by atoms with Gasteiger partial charge in [0.05, 0.1) is 18.4 Å². The quantitative estimate of drug-likeness (QED) is 0.595. The van der Waals surface area contributed by atoms with Gasteiger partial charge in [0.15, 0.2) is 11.9 Å². The Kier molecular flexibility index (Phi) is 7.45. The van der Waals surface area contributed by atoms with Gasteiger partial charge in [0.1, 0.15) is 11.5 Å². The average molecular weight is 448 g/mol. The molecule has 2 aromatic heterocycles. The molecule has 0 saturated carbocycles. The Hall–Kier alpha value is -3.14. The van der Waals surface area contributed by atoms with Gasteiger partial charge in [0.2, 0.25) is 0 Å². The molecule has 0 fully saturated rings. The minimum absolute atomic E-state index is 0.0618. The van der Waals surface area contributed by atoms with Gasteiger partial charge in [-0.25, -0.2) is 4.79 Å². The summed E-state index contributed by atoms with van der Waals surface area (Å²) in [7, 11) is 0.